The molecule has 22 heavy (non-hydrogen) atoms. The molecular weight excluding hydrogens is 284 g/mol. The maximum atomic E-state index is 10.7. The van der Waals surface area contributed by atoms with E-state index in [2.05, 4.69) is 17.9 Å². The molecule has 6 heteroatoms. The highest BCUT2D eigenvalue weighted by molar-refractivity contribution is 5.92. The Hall–Kier alpha value is -2.60. The van der Waals surface area contributed by atoms with Crippen LogP contribution in [0.15, 0.2) is 24.3 Å². The first-order valence-electron chi connectivity index (χ1n) is 6.82. The van der Waals surface area contributed by atoms with E-state index in [1.54, 1.807) is 12.1 Å². The summed E-state index contributed by atoms with van der Waals surface area (Å²) in [4.78, 5) is 21.4. The van der Waals surface area contributed by atoms with Crippen LogP contribution in [-0.4, -0.2) is 25.2 Å². The molecule has 0 aromatic carbocycles. The van der Waals surface area contributed by atoms with Crippen LogP contribution in [0.3, 0.4) is 0 Å². The Morgan fingerprint density at radius 1 is 1.05 bits per heavy atom. The van der Waals surface area contributed by atoms with Gasteiger partial charge in [-0.2, -0.15) is 10.5 Å². The molecule has 0 fully saturated rings. The van der Waals surface area contributed by atoms with E-state index in [4.69, 9.17) is 15.3 Å². The second-order valence-electron chi connectivity index (χ2n) is 4.66. The van der Waals surface area contributed by atoms with E-state index in [1.807, 2.05) is 20.8 Å². The number of rotatable bonds is 7. The fourth-order valence-corrected chi connectivity index (χ4v) is 0.817. The lowest BCUT2D eigenvalue weighted by Crippen LogP contribution is -2.10. The van der Waals surface area contributed by atoms with Gasteiger partial charge in [-0.3, -0.25) is 0 Å². The number of ether oxygens (including phenoxy) is 2. The summed E-state index contributed by atoms with van der Waals surface area (Å²) in [6.45, 7) is 13.0. The van der Waals surface area contributed by atoms with Gasteiger partial charge in [-0.1, -0.05) is 40.3 Å². The van der Waals surface area contributed by atoms with E-state index in [1.165, 1.54) is 0 Å². The zero-order chi connectivity index (χ0) is 17.5. The number of carbonyl (C=O) groups is 2. The third-order valence-electron chi connectivity index (χ3n) is 2.04. The lowest BCUT2D eigenvalue weighted by atomic mass is 10.2. The molecule has 0 aliphatic carbocycles. The third-order valence-corrected chi connectivity index (χ3v) is 2.04. The summed E-state index contributed by atoms with van der Waals surface area (Å²) < 4.78 is 9.37. The van der Waals surface area contributed by atoms with Crippen LogP contribution in [0.1, 0.15) is 33.6 Å². The average Bonchev–Trinajstić information content (AvgIpc) is 2.51. The van der Waals surface area contributed by atoms with Crippen molar-refractivity contribution in [1.82, 2.24) is 0 Å². The second-order valence-corrected chi connectivity index (χ2v) is 4.66. The van der Waals surface area contributed by atoms with Gasteiger partial charge in [0.25, 0.3) is 0 Å². The van der Waals surface area contributed by atoms with Crippen LogP contribution < -0.4 is 0 Å². The van der Waals surface area contributed by atoms with Crippen LogP contribution in [0.5, 0.6) is 0 Å². The molecule has 6 nitrogen and oxygen atoms in total. The van der Waals surface area contributed by atoms with Crippen LogP contribution in [0, 0.1) is 28.6 Å². The molecule has 0 rings (SSSR count). The van der Waals surface area contributed by atoms with Crippen LogP contribution in [0.25, 0.3) is 0 Å². The fourth-order valence-electron chi connectivity index (χ4n) is 0.817. The van der Waals surface area contributed by atoms with Crippen molar-refractivity contribution >= 4 is 11.9 Å². The molecule has 0 spiro atoms. The van der Waals surface area contributed by atoms with Gasteiger partial charge in [0, 0.05) is 0 Å². The Morgan fingerprint density at radius 3 is 1.86 bits per heavy atom. The van der Waals surface area contributed by atoms with E-state index < -0.39 is 11.9 Å². The molecule has 0 bridgehead atoms. The molecule has 0 saturated carbocycles. The summed E-state index contributed by atoms with van der Waals surface area (Å²) in [6, 6.07) is 3.24. The first kappa shape index (κ1) is 21.7. The molecule has 0 radical (unpaired) electrons. The van der Waals surface area contributed by atoms with Gasteiger partial charge in [-0.15, -0.1) is 0 Å². The summed E-state index contributed by atoms with van der Waals surface area (Å²) in [5.41, 5.74) is -0.285. The predicted octanol–water partition coefficient (Wildman–Crippen LogP) is 2.67. The summed E-state index contributed by atoms with van der Waals surface area (Å²) >= 11 is 0. The standard InChI is InChI=1S/2C8H11NO2/c1-6(2)5-11-8(10)7(3)4-9;1-3-4-5-11-8(10)7(2)6-9/h6H,3,5H2,1-2H3;2-5H2,1H3. The number of nitriles is 2. The van der Waals surface area contributed by atoms with Crippen LogP contribution in [0.2, 0.25) is 0 Å². The van der Waals surface area contributed by atoms with E-state index in [-0.39, 0.29) is 17.1 Å². The highest BCUT2D eigenvalue weighted by Crippen LogP contribution is 1.97. The quantitative estimate of drug-likeness (QED) is 0.310. The van der Waals surface area contributed by atoms with E-state index in [0.717, 1.165) is 12.8 Å². The number of carbonyl (C=O) groups excluding carboxylic acids is 2. The first-order chi connectivity index (χ1) is 10.3. The van der Waals surface area contributed by atoms with E-state index in [9.17, 15) is 9.59 Å². The van der Waals surface area contributed by atoms with Gasteiger partial charge in [0.05, 0.1) is 13.2 Å². The molecule has 0 saturated heterocycles. The van der Waals surface area contributed by atoms with Crippen molar-refractivity contribution in [2.45, 2.75) is 33.6 Å². The number of nitrogens with zero attached hydrogens (tertiary/aromatic N) is 2. The largest absolute Gasteiger partial charge is 0.462 e. The van der Waals surface area contributed by atoms with Crippen molar-refractivity contribution in [3.63, 3.8) is 0 Å². The summed E-state index contributed by atoms with van der Waals surface area (Å²) in [7, 11) is 0. The van der Waals surface area contributed by atoms with Gasteiger partial charge in [-0.05, 0) is 12.3 Å². The van der Waals surface area contributed by atoms with Gasteiger partial charge in [0.1, 0.15) is 23.3 Å². The van der Waals surface area contributed by atoms with Crippen molar-refractivity contribution in [2.24, 2.45) is 5.92 Å². The number of hydrogen-bond donors (Lipinski definition) is 0. The van der Waals surface area contributed by atoms with Crippen molar-refractivity contribution in [3.8, 4) is 12.1 Å². The topological polar surface area (TPSA) is 100 Å². The Morgan fingerprint density at radius 2 is 1.50 bits per heavy atom. The molecule has 0 unspecified atom stereocenters. The maximum Gasteiger partial charge on any atom is 0.348 e. The fraction of sp³-hybridized carbons (Fsp3) is 0.500. The molecule has 0 amide bonds. The highest BCUT2D eigenvalue weighted by atomic mass is 16.5. The zero-order valence-corrected chi connectivity index (χ0v) is 13.3. The van der Waals surface area contributed by atoms with Crippen molar-refractivity contribution in [1.29, 1.82) is 10.5 Å². The Kier molecular flexibility index (Phi) is 13.2. The number of hydrogen-bond acceptors (Lipinski definition) is 6. The molecule has 120 valence electrons. The summed E-state index contributed by atoms with van der Waals surface area (Å²) in [5, 5.41) is 16.4. The van der Waals surface area contributed by atoms with Crippen molar-refractivity contribution < 1.29 is 19.1 Å². The third kappa shape index (κ3) is 12.4. The summed E-state index contributed by atoms with van der Waals surface area (Å²) in [6.07, 6.45) is 1.79. The van der Waals surface area contributed by atoms with Gasteiger partial charge in [-0.25, -0.2) is 9.59 Å². The smallest absolute Gasteiger partial charge is 0.348 e. The Bertz CT molecular complexity index is 481. The minimum Gasteiger partial charge on any atom is -0.462 e. The highest BCUT2D eigenvalue weighted by Gasteiger charge is 2.07. The lowest BCUT2D eigenvalue weighted by Gasteiger charge is -2.04. The molecule has 0 aliphatic rings. The molecule has 0 aromatic rings. The average molecular weight is 306 g/mol. The van der Waals surface area contributed by atoms with Gasteiger partial charge >= 0.3 is 11.9 Å². The molecule has 0 atom stereocenters. The summed E-state index contributed by atoms with van der Waals surface area (Å²) in [5.74, 6) is -0.951. The van der Waals surface area contributed by atoms with Gasteiger partial charge in [0.15, 0.2) is 0 Å². The van der Waals surface area contributed by atoms with Crippen LogP contribution in [-0.2, 0) is 19.1 Å². The monoisotopic (exact) mass is 306 g/mol. The SMILES string of the molecule is C=C(C#N)C(=O)OCC(C)C.C=C(C#N)C(=O)OCCCC. The Balaban J connectivity index is 0. The number of esters is 2. The molecule has 0 aromatic heterocycles. The van der Waals surface area contributed by atoms with Crippen LogP contribution in [0.4, 0.5) is 0 Å². The lowest BCUT2D eigenvalue weighted by molar-refractivity contribution is -0.140. The molecule has 0 N–H and O–H groups in total. The van der Waals surface area contributed by atoms with Crippen molar-refractivity contribution in [3.05, 3.63) is 24.3 Å². The minimum atomic E-state index is -0.624. The molecule has 0 heterocycles. The second kappa shape index (κ2) is 13.4. The Labute approximate surface area is 131 Å². The van der Waals surface area contributed by atoms with Crippen molar-refractivity contribution in [2.75, 3.05) is 13.2 Å². The molecule has 0 aliphatic heterocycles. The maximum absolute atomic E-state index is 10.7. The first-order valence-corrected chi connectivity index (χ1v) is 6.82. The molecular formula is C16H22N2O4. The zero-order valence-electron chi connectivity index (χ0n) is 13.3. The van der Waals surface area contributed by atoms with E-state index >= 15 is 0 Å². The normalized spacial score (nSPS) is 8.64. The van der Waals surface area contributed by atoms with Crippen LogP contribution >= 0.6 is 0 Å². The van der Waals surface area contributed by atoms with Gasteiger partial charge in [0.2, 0.25) is 0 Å². The minimum absolute atomic E-state index is 0.138. The van der Waals surface area contributed by atoms with E-state index in [0.29, 0.717) is 13.2 Å². The predicted molar refractivity (Wildman–Crippen MR) is 81.2 cm³/mol. The number of unbranched alkanes of at least 4 members (excludes halogenated alkanes) is 1. The van der Waals surface area contributed by atoms with Gasteiger partial charge < -0.3 is 9.47 Å².